The van der Waals surface area contributed by atoms with Gasteiger partial charge >= 0.3 is 0 Å². The van der Waals surface area contributed by atoms with Crippen LogP contribution in [0, 0.1) is 6.92 Å². The van der Waals surface area contributed by atoms with Crippen LogP contribution in [0.15, 0.2) is 83.5 Å². The van der Waals surface area contributed by atoms with E-state index in [-0.39, 0.29) is 5.78 Å². The van der Waals surface area contributed by atoms with Crippen molar-refractivity contribution in [2.24, 2.45) is 0 Å². The van der Waals surface area contributed by atoms with Gasteiger partial charge in [-0.3, -0.25) is 4.79 Å². The summed E-state index contributed by atoms with van der Waals surface area (Å²) in [5.74, 6) is -0.753. The highest BCUT2D eigenvalue weighted by atomic mass is 79.9. The number of Topliss-reactive ketones (excluding diaryl/α,β-unsaturated/α-hetero) is 1. The minimum Gasteiger partial charge on any atom is -0.384 e. The number of benzene rings is 3. The molecule has 0 saturated carbocycles. The van der Waals surface area contributed by atoms with Crippen LogP contribution in [0.1, 0.15) is 33.0 Å². The van der Waals surface area contributed by atoms with Gasteiger partial charge in [-0.2, -0.15) is 0 Å². The summed E-state index contributed by atoms with van der Waals surface area (Å²) in [6, 6.07) is 23.0. The van der Waals surface area contributed by atoms with Crippen LogP contribution in [0.4, 0.5) is 0 Å². The normalized spacial score (nSPS) is 13.4. The maximum Gasteiger partial charge on any atom is 0.192 e. The Kier molecular flexibility index (Phi) is 5.16. The van der Waals surface area contributed by atoms with E-state index < -0.39 is 12.0 Å². The van der Waals surface area contributed by atoms with Crippen LogP contribution in [0.25, 0.3) is 10.9 Å². The van der Waals surface area contributed by atoms with Gasteiger partial charge in [-0.05, 0) is 36.2 Å². The third kappa shape index (κ3) is 3.53. The minimum atomic E-state index is -1.19. The first-order chi connectivity index (χ1) is 13.5. The van der Waals surface area contributed by atoms with Gasteiger partial charge in [-0.1, -0.05) is 76.1 Å². The molecule has 140 valence electrons. The second-order valence-electron chi connectivity index (χ2n) is 6.99. The summed E-state index contributed by atoms with van der Waals surface area (Å²) < 4.78 is 0.894. The molecule has 28 heavy (non-hydrogen) atoms. The molecule has 2 atom stereocenters. The van der Waals surface area contributed by atoms with Crippen LogP contribution in [0.5, 0.6) is 0 Å². The fraction of sp³-hybridized carbons (Fsp3) is 0.125. The summed E-state index contributed by atoms with van der Waals surface area (Å²) >= 11 is 3.38. The number of aromatic amines is 1. The van der Waals surface area contributed by atoms with Gasteiger partial charge in [0.25, 0.3) is 0 Å². The standard InChI is InChI=1S/C24H20BrNO2/c1-15-6-8-16(9-7-15)22(20-14-26-21-5-3-2-4-19(20)21)24(28)23(27)17-10-12-18(25)13-11-17/h2-14,22,24,26,28H,1H3/t22-,24+/m0/s1. The van der Waals surface area contributed by atoms with Crippen LogP contribution in [0.2, 0.25) is 0 Å². The molecule has 0 amide bonds. The number of hydrogen-bond acceptors (Lipinski definition) is 2. The molecule has 0 radical (unpaired) electrons. The van der Waals surface area contributed by atoms with Crippen molar-refractivity contribution < 1.29 is 9.90 Å². The van der Waals surface area contributed by atoms with E-state index in [1.807, 2.05) is 73.8 Å². The van der Waals surface area contributed by atoms with Crippen LogP contribution in [0.3, 0.4) is 0 Å². The van der Waals surface area contributed by atoms with E-state index in [1.165, 1.54) is 0 Å². The largest absolute Gasteiger partial charge is 0.384 e. The van der Waals surface area contributed by atoms with E-state index in [9.17, 15) is 9.90 Å². The molecule has 4 rings (SSSR count). The molecule has 4 heteroatoms. The van der Waals surface area contributed by atoms with Crippen molar-refractivity contribution in [1.29, 1.82) is 0 Å². The molecule has 0 aliphatic carbocycles. The summed E-state index contributed by atoms with van der Waals surface area (Å²) in [4.78, 5) is 16.4. The predicted molar refractivity (Wildman–Crippen MR) is 116 cm³/mol. The third-order valence-corrected chi connectivity index (χ3v) is 5.63. The molecule has 0 bridgehead atoms. The molecule has 0 spiro atoms. The Hall–Kier alpha value is -2.69. The van der Waals surface area contributed by atoms with Gasteiger partial charge in [0.15, 0.2) is 5.78 Å². The molecule has 3 aromatic carbocycles. The molecule has 2 N–H and O–H groups in total. The van der Waals surface area contributed by atoms with E-state index in [4.69, 9.17) is 0 Å². The lowest BCUT2D eigenvalue weighted by Crippen LogP contribution is -2.29. The van der Waals surface area contributed by atoms with Gasteiger partial charge in [0, 0.05) is 33.1 Å². The number of rotatable bonds is 5. The van der Waals surface area contributed by atoms with Gasteiger partial charge < -0.3 is 10.1 Å². The van der Waals surface area contributed by atoms with Crippen LogP contribution in [-0.4, -0.2) is 22.0 Å². The van der Waals surface area contributed by atoms with Gasteiger partial charge in [0.1, 0.15) is 6.10 Å². The Morgan fingerprint density at radius 2 is 1.64 bits per heavy atom. The number of aryl methyl sites for hydroxylation is 1. The lowest BCUT2D eigenvalue weighted by Gasteiger charge is -2.23. The second kappa shape index (κ2) is 7.74. The maximum absolute atomic E-state index is 13.1. The zero-order valence-electron chi connectivity index (χ0n) is 15.4. The molecule has 3 nitrogen and oxygen atoms in total. The number of para-hydroxylation sites is 1. The number of fused-ring (bicyclic) bond motifs is 1. The summed E-state index contributed by atoms with van der Waals surface area (Å²) in [6.07, 6.45) is 0.705. The zero-order chi connectivity index (χ0) is 19.7. The Balaban J connectivity index is 1.81. The van der Waals surface area contributed by atoms with Crippen molar-refractivity contribution in [2.75, 3.05) is 0 Å². The van der Waals surface area contributed by atoms with Crippen molar-refractivity contribution in [3.8, 4) is 0 Å². The number of aliphatic hydroxyl groups excluding tert-OH is 1. The lowest BCUT2D eigenvalue weighted by molar-refractivity contribution is 0.0716. The third-order valence-electron chi connectivity index (χ3n) is 5.11. The number of carbonyl (C=O) groups excluding carboxylic acids is 1. The Morgan fingerprint density at radius 1 is 0.964 bits per heavy atom. The number of aliphatic hydroxyl groups is 1. The Morgan fingerprint density at radius 3 is 2.36 bits per heavy atom. The van der Waals surface area contributed by atoms with Gasteiger partial charge in [0.05, 0.1) is 0 Å². The summed E-state index contributed by atoms with van der Waals surface area (Å²) in [5, 5.41) is 12.2. The van der Waals surface area contributed by atoms with E-state index in [0.29, 0.717) is 5.56 Å². The molecular formula is C24H20BrNO2. The number of H-pyrrole nitrogens is 1. The molecule has 4 aromatic rings. The quantitative estimate of drug-likeness (QED) is 0.401. The zero-order valence-corrected chi connectivity index (χ0v) is 17.0. The number of ketones is 1. The topological polar surface area (TPSA) is 53.1 Å². The Bertz CT molecular complexity index is 1110. The fourth-order valence-electron chi connectivity index (χ4n) is 3.59. The van der Waals surface area contributed by atoms with E-state index in [1.54, 1.807) is 12.1 Å². The van der Waals surface area contributed by atoms with Crippen LogP contribution in [-0.2, 0) is 0 Å². The first kappa shape index (κ1) is 18.7. The lowest BCUT2D eigenvalue weighted by atomic mass is 9.83. The molecule has 0 unspecified atom stereocenters. The van der Waals surface area contributed by atoms with Crippen LogP contribution < -0.4 is 0 Å². The number of aromatic nitrogens is 1. The smallest absolute Gasteiger partial charge is 0.192 e. The van der Waals surface area contributed by atoms with Crippen molar-refractivity contribution in [3.63, 3.8) is 0 Å². The minimum absolute atomic E-state index is 0.289. The van der Waals surface area contributed by atoms with E-state index in [0.717, 1.165) is 32.1 Å². The first-order valence-electron chi connectivity index (χ1n) is 9.15. The number of carbonyl (C=O) groups is 1. The average molecular weight is 434 g/mol. The van der Waals surface area contributed by atoms with Gasteiger partial charge in [-0.15, -0.1) is 0 Å². The highest BCUT2D eigenvalue weighted by molar-refractivity contribution is 9.10. The van der Waals surface area contributed by atoms with E-state index in [2.05, 4.69) is 20.9 Å². The van der Waals surface area contributed by atoms with Crippen molar-refractivity contribution in [2.45, 2.75) is 18.9 Å². The number of nitrogens with one attached hydrogen (secondary N) is 1. The van der Waals surface area contributed by atoms with Crippen LogP contribution >= 0.6 is 15.9 Å². The second-order valence-corrected chi connectivity index (χ2v) is 7.91. The average Bonchev–Trinajstić information content (AvgIpc) is 3.13. The summed E-state index contributed by atoms with van der Waals surface area (Å²) in [5.41, 5.74) is 4.44. The van der Waals surface area contributed by atoms with Crippen molar-refractivity contribution >= 4 is 32.6 Å². The van der Waals surface area contributed by atoms with Gasteiger partial charge in [0.2, 0.25) is 0 Å². The molecule has 0 fully saturated rings. The molecule has 0 aliphatic rings. The summed E-state index contributed by atoms with van der Waals surface area (Å²) in [7, 11) is 0. The maximum atomic E-state index is 13.1. The number of hydrogen-bond donors (Lipinski definition) is 2. The predicted octanol–water partition coefficient (Wildman–Crippen LogP) is 5.61. The highest BCUT2D eigenvalue weighted by Crippen LogP contribution is 2.35. The molecule has 0 saturated heterocycles. The van der Waals surface area contributed by atoms with E-state index >= 15 is 0 Å². The summed E-state index contributed by atoms with van der Waals surface area (Å²) in [6.45, 7) is 2.02. The number of halogens is 1. The molecule has 0 aliphatic heterocycles. The fourth-order valence-corrected chi connectivity index (χ4v) is 3.86. The molecule has 1 heterocycles. The van der Waals surface area contributed by atoms with Crippen molar-refractivity contribution in [3.05, 3.63) is 106 Å². The molecule has 1 aromatic heterocycles. The molecular weight excluding hydrogens is 414 g/mol. The Labute approximate surface area is 172 Å². The highest BCUT2D eigenvalue weighted by Gasteiger charge is 2.31. The SMILES string of the molecule is Cc1ccc([C@@H](c2c[nH]c3ccccc23)[C@@H](O)C(=O)c2ccc(Br)cc2)cc1. The first-order valence-corrected chi connectivity index (χ1v) is 9.94. The monoisotopic (exact) mass is 433 g/mol. The van der Waals surface area contributed by atoms with Gasteiger partial charge in [-0.25, -0.2) is 0 Å². The van der Waals surface area contributed by atoms with Crippen molar-refractivity contribution in [1.82, 2.24) is 4.98 Å².